The maximum Gasteiger partial charge on any atom is 0.273 e. The molecule has 2 rings (SSSR count). The number of non-ortho nitro benzene ring substituents is 1. The molecule has 0 aliphatic carbocycles. The van der Waals surface area contributed by atoms with Gasteiger partial charge in [-0.3, -0.25) is 10.1 Å². The maximum atomic E-state index is 11.0. The molecule has 0 bridgehead atoms. The predicted octanol–water partition coefficient (Wildman–Crippen LogP) is 0.0273. The number of nitro benzene ring substituents is 1. The number of rotatable bonds is 3. The van der Waals surface area contributed by atoms with Crippen LogP contribution in [-0.4, -0.2) is 28.5 Å². The Morgan fingerprint density at radius 2 is 1.89 bits per heavy atom. The van der Waals surface area contributed by atoms with Gasteiger partial charge >= 0.3 is 0 Å². The average molecular weight is 269 g/mol. The van der Waals surface area contributed by atoms with E-state index in [-0.39, 0.29) is 11.5 Å². The van der Waals surface area contributed by atoms with Crippen LogP contribution in [0, 0.1) is 10.1 Å². The van der Waals surface area contributed by atoms with Crippen molar-refractivity contribution in [2.75, 3.05) is 0 Å². The highest BCUT2D eigenvalue weighted by atomic mass is 32.2. The summed E-state index contributed by atoms with van der Waals surface area (Å²) in [5, 5.41) is 20.7. The van der Waals surface area contributed by atoms with Gasteiger partial charge in [-0.2, -0.15) is 10.1 Å². The lowest BCUT2D eigenvalue weighted by atomic mass is 10.2. The summed E-state index contributed by atoms with van der Waals surface area (Å²) in [6, 6.07) is 5.35. The van der Waals surface area contributed by atoms with Crippen LogP contribution in [0.15, 0.2) is 29.4 Å². The lowest BCUT2D eigenvalue weighted by Crippen LogP contribution is -2.13. The van der Waals surface area contributed by atoms with Crippen LogP contribution in [0.5, 0.6) is 0 Å². The smallest absolute Gasteiger partial charge is 0.258 e. The molecule has 0 saturated carbocycles. The van der Waals surface area contributed by atoms with Gasteiger partial charge in [0.25, 0.3) is 20.9 Å². The minimum Gasteiger partial charge on any atom is -0.258 e. The molecular formula is C8H7N5O4S. The van der Waals surface area contributed by atoms with Crippen molar-refractivity contribution in [3.05, 3.63) is 34.4 Å². The number of nitrogens with one attached hydrogen (secondary N) is 1. The molecule has 1 aromatic heterocycles. The summed E-state index contributed by atoms with van der Waals surface area (Å²) in [5.74, 6) is 0.0916. The lowest BCUT2D eigenvalue weighted by Gasteiger charge is -1.94. The largest absolute Gasteiger partial charge is 0.273 e. The molecule has 0 atom stereocenters. The topological polar surface area (TPSA) is 145 Å². The summed E-state index contributed by atoms with van der Waals surface area (Å²) in [6.07, 6.45) is 0. The van der Waals surface area contributed by atoms with Gasteiger partial charge in [0.05, 0.1) is 4.92 Å². The van der Waals surface area contributed by atoms with E-state index in [9.17, 15) is 18.5 Å². The van der Waals surface area contributed by atoms with Crippen molar-refractivity contribution in [3.63, 3.8) is 0 Å². The van der Waals surface area contributed by atoms with E-state index in [0.29, 0.717) is 5.56 Å². The van der Waals surface area contributed by atoms with Crippen LogP contribution in [0.1, 0.15) is 0 Å². The fourth-order valence-electron chi connectivity index (χ4n) is 1.24. The SMILES string of the molecule is NS(=O)(=O)c1nc(-c2ccc([N+](=O)[O-])cc2)n[nH]1. The van der Waals surface area contributed by atoms with Crippen molar-refractivity contribution in [3.8, 4) is 11.4 Å². The zero-order chi connectivity index (χ0) is 13.3. The Morgan fingerprint density at radius 1 is 1.28 bits per heavy atom. The summed E-state index contributed by atoms with van der Waals surface area (Å²) < 4.78 is 22.0. The third-order valence-corrected chi connectivity index (χ3v) is 2.79. The summed E-state index contributed by atoms with van der Waals surface area (Å²) in [7, 11) is -3.95. The standard InChI is InChI=1S/C8H7N5O4S/c9-18(16,17)8-10-7(11-12-8)5-1-3-6(4-2-5)13(14)15/h1-4H,(H2,9,16,17)(H,10,11,12). The van der Waals surface area contributed by atoms with Crippen molar-refractivity contribution in [2.45, 2.75) is 5.16 Å². The number of nitro groups is 1. The zero-order valence-corrected chi connectivity index (χ0v) is 9.59. The van der Waals surface area contributed by atoms with E-state index in [4.69, 9.17) is 5.14 Å². The molecular weight excluding hydrogens is 262 g/mol. The molecule has 1 heterocycles. The fourth-order valence-corrected chi connectivity index (χ4v) is 1.62. The van der Waals surface area contributed by atoms with Crippen molar-refractivity contribution >= 4 is 15.7 Å². The van der Waals surface area contributed by atoms with Crippen LogP contribution in [0.4, 0.5) is 5.69 Å². The first-order chi connectivity index (χ1) is 8.38. The molecule has 0 unspecified atom stereocenters. The van der Waals surface area contributed by atoms with Gasteiger partial charge in [-0.15, -0.1) is 0 Å². The number of benzene rings is 1. The molecule has 0 fully saturated rings. The van der Waals surface area contributed by atoms with Gasteiger partial charge in [0.15, 0.2) is 5.82 Å². The second-order valence-electron chi connectivity index (χ2n) is 3.31. The third-order valence-electron chi connectivity index (χ3n) is 2.07. The van der Waals surface area contributed by atoms with Crippen molar-refractivity contribution < 1.29 is 13.3 Å². The molecule has 0 amide bonds. The third kappa shape index (κ3) is 2.33. The van der Waals surface area contributed by atoms with Crippen LogP contribution in [0.2, 0.25) is 0 Å². The molecule has 0 spiro atoms. The Hall–Kier alpha value is -2.33. The summed E-state index contributed by atoms with van der Waals surface area (Å²) in [5.41, 5.74) is 0.354. The molecule has 1 aromatic carbocycles. The van der Waals surface area contributed by atoms with E-state index >= 15 is 0 Å². The molecule has 0 radical (unpaired) electrons. The van der Waals surface area contributed by atoms with Gasteiger partial charge in [0.1, 0.15) is 0 Å². The number of nitrogens with two attached hydrogens (primary N) is 1. The summed E-state index contributed by atoms with van der Waals surface area (Å²) in [4.78, 5) is 13.6. The summed E-state index contributed by atoms with van der Waals surface area (Å²) in [6.45, 7) is 0. The van der Waals surface area contributed by atoms with E-state index in [1.165, 1.54) is 24.3 Å². The van der Waals surface area contributed by atoms with Gasteiger partial charge in [-0.05, 0) is 12.1 Å². The Morgan fingerprint density at radius 3 is 2.33 bits per heavy atom. The Kier molecular flexibility index (Phi) is 2.80. The molecule has 9 nitrogen and oxygen atoms in total. The number of nitrogens with zero attached hydrogens (tertiary/aromatic N) is 3. The van der Waals surface area contributed by atoms with E-state index in [0.717, 1.165) is 0 Å². The van der Waals surface area contributed by atoms with E-state index < -0.39 is 20.1 Å². The number of primary sulfonamides is 1. The number of aromatic nitrogens is 3. The lowest BCUT2D eigenvalue weighted by molar-refractivity contribution is -0.384. The van der Waals surface area contributed by atoms with E-state index in [1.807, 2.05) is 0 Å². The molecule has 0 aliphatic heterocycles. The molecule has 0 saturated heterocycles. The van der Waals surface area contributed by atoms with Gasteiger partial charge in [0, 0.05) is 17.7 Å². The van der Waals surface area contributed by atoms with Gasteiger partial charge < -0.3 is 0 Å². The van der Waals surface area contributed by atoms with Gasteiger partial charge in [0.2, 0.25) is 0 Å². The second-order valence-corrected chi connectivity index (χ2v) is 4.79. The number of hydrogen-bond acceptors (Lipinski definition) is 6. The number of H-pyrrole nitrogens is 1. The normalized spacial score (nSPS) is 11.4. The Bertz CT molecular complexity index is 691. The van der Waals surface area contributed by atoms with Crippen LogP contribution in [0.25, 0.3) is 11.4 Å². The zero-order valence-electron chi connectivity index (χ0n) is 8.77. The van der Waals surface area contributed by atoms with Crippen molar-refractivity contribution in [1.29, 1.82) is 0 Å². The molecule has 94 valence electrons. The minimum atomic E-state index is -3.95. The Labute approximate surface area is 101 Å². The van der Waals surface area contributed by atoms with Crippen LogP contribution in [-0.2, 0) is 10.0 Å². The quantitative estimate of drug-likeness (QED) is 0.593. The Balaban J connectivity index is 2.38. The van der Waals surface area contributed by atoms with Crippen molar-refractivity contribution in [1.82, 2.24) is 15.2 Å². The second kappa shape index (κ2) is 4.16. The van der Waals surface area contributed by atoms with Crippen LogP contribution < -0.4 is 5.14 Å². The van der Waals surface area contributed by atoms with E-state index in [2.05, 4.69) is 15.2 Å². The molecule has 3 N–H and O–H groups in total. The molecule has 10 heteroatoms. The highest BCUT2D eigenvalue weighted by Gasteiger charge is 2.15. The fraction of sp³-hybridized carbons (Fsp3) is 0. The first kappa shape index (κ1) is 12.1. The highest BCUT2D eigenvalue weighted by Crippen LogP contribution is 2.19. The number of aromatic amines is 1. The summed E-state index contributed by atoms with van der Waals surface area (Å²) >= 11 is 0. The predicted molar refractivity (Wildman–Crippen MR) is 59.8 cm³/mol. The number of hydrogen-bond donors (Lipinski definition) is 2. The first-order valence-electron chi connectivity index (χ1n) is 4.58. The van der Waals surface area contributed by atoms with Gasteiger partial charge in [-0.25, -0.2) is 18.7 Å². The molecule has 2 aromatic rings. The highest BCUT2D eigenvalue weighted by molar-refractivity contribution is 7.89. The maximum absolute atomic E-state index is 11.0. The van der Waals surface area contributed by atoms with Crippen molar-refractivity contribution in [2.24, 2.45) is 5.14 Å². The average Bonchev–Trinajstić information content (AvgIpc) is 2.78. The van der Waals surface area contributed by atoms with Crippen LogP contribution >= 0.6 is 0 Å². The first-order valence-corrected chi connectivity index (χ1v) is 6.12. The number of sulfonamides is 1. The van der Waals surface area contributed by atoms with Crippen LogP contribution in [0.3, 0.4) is 0 Å². The monoisotopic (exact) mass is 269 g/mol. The minimum absolute atomic E-state index is 0.0824. The van der Waals surface area contributed by atoms with Gasteiger partial charge in [-0.1, -0.05) is 0 Å². The van der Waals surface area contributed by atoms with E-state index in [1.54, 1.807) is 0 Å². The molecule has 18 heavy (non-hydrogen) atoms. The molecule has 0 aliphatic rings.